The van der Waals surface area contributed by atoms with Crippen molar-refractivity contribution < 1.29 is 19.4 Å². The van der Waals surface area contributed by atoms with E-state index in [1.807, 2.05) is 23.6 Å². The highest BCUT2D eigenvalue weighted by Crippen LogP contribution is 2.39. The maximum Gasteiger partial charge on any atom is 0.307 e. The minimum absolute atomic E-state index is 0.0431. The maximum absolute atomic E-state index is 11.5. The van der Waals surface area contributed by atoms with Gasteiger partial charge in [0.05, 0.1) is 26.2 Å². The normalized spacial score (nSPS) is 19.4. The number of hydrogen-bond acceptors (Lipinski definition) is 5. The molecule has 0 saturated carbocycles. The second-order valence-electron chi connectivity index (χ2n) is 6.24. The van der Waals surface area contributed by atoms with E-state index in [-0.39, 0.29) is 12.0 Å². The van der Waals surface area contributed by atoms with Crippen molar-refractivity contribution in [3.8, 4) is 11.5 Å². The fourth-order valence-corrected chi connectivity index (χ4v) is 4.19. The Morgan fingerprint density at radius 1 is 1.32 bits per heavy atom. The van der Waals surface area contributed by atoms with Gasteiger partial charge in [0.25, 0.3) is 0 Å². The highest BCUT2D eigenvalue weighted by molar-refractivity contribution is 7.08. The first-order valence-corrected chi connectivity index (χ1v) is 9.29. The summed E-state index contributed by atoms with van der Waals surface area (Å²) in [5.74, 6) is 0.509. The minimum atomic E-state index is -0.716. The number of carboxylic acid groups (broad SMARTS) is 1. The number of piperidine rings is 1. The maximum atomic E-state index is 11.5. The van der Waals surface area contributed by atoms with Gasteiger partial charge in [0.1, 0.15) is 11.5 Å². The van der Waals surface area contributed by atoms with Crippen LogP contribution in [0, 0.1) is 5.92 Å². The molecule has 1 aromatic heterocycles. The molecule has 2 unspecified atom stereocenters. The van der Waals surface area contributed by atoms with Crippen molar-refractivity contribution in [1.29, 1.82) is 0 Å². The van der Waals surface area contributed by atoms with E-state index in [2.05, 4.69) is 16.3 Å². The molecule has 6 heteroatoms. The minimum Gasteiger partial charge on any atom is -0.497 e. The number of ether oxygens (including phenoxy) is 2. The van der Waals surface area contributed by atoms with Gasteiger partial charge in [-0.05, 0) is 60.0 Å². The number of methoxy groups -OCH3 is 2. The molecule has 134 valence electrons. The van der Waals surface area contributed by atoms with Gasteiger partial charge in [-0.2, -0.15) is 11.3 Å². The van der Waals surface area contributed by atoms with E-state index in [0.717, 1.165) is 42.0 Å². The molecule has 25 heavy (non-hydrogen) atoms. The largest absolute Gasteiger partial charge is 0.497 e. The van der Waals surface area contributed by atoms with Gasteiger partial charge >= 0.3 is 5.97 Å². The van der Waals surface area contributed by atoms with E-state index < -0.39 is 5.97 Å². The van der Waals surface area contributed by atoms with Crippen LogP contribution in [0.1, 0.15) is 30.0 Å². The predicted molar refractivity (Wildman–Crippen MR) is 97.6 cm³/mol. The summed E-state index contributed by atoms with van der Waals surface area (Å²) in [6, 6.07) is 7.83. The lowest BCUT2D eigenvalue weighted by Gasteiger charge is -2.37. The predicted octanol–water partition coefficient (Wildman–Crippen LogP) is 3.65. The lowest BCUT2D eigenvalue weighted by Crippen LogP contribution is -2.41. The number of benzene rings is 1. The molecule has 0 radical (unpaired) electrons. The first-order valence-electron chi connectivity index (χ1n) is 8.35. The quantitative estimate of drug-likeness (QED) is 0.851. The molecule has 0 amide bonds. The van der Waals surface area contributed by atoms with Crippen molar-refractivity contribution in [2.24, 2.45) is 5.92 Å². The van der Waals surface area contributed by atoms with Crippen LogP contribution >= 0.6 is 11.3 Å². The van der Waals surface area contributed by atoms with Crippen molar-refractivity contribution in [3.63, 3.8) is 0 Å². The molecule has 2 aromatic rings. The zero-order valence-electron chi connectivity index (χ0n) is 14.5. The molecule has 1 aromatic carbocycles. The van der Waals surface area contributed by atoms with Gasteiger partial charge in [-0.25, -0.2) is 0 Å². The summed E-state index contributed by atoms with van der Waals surface area (Å²) in [5.41, 5.74) is 2.16. The molecule has 5 nitrogen and oxygen atoms in total. The number of rotatable bonds is 6. The summed E-state index contributed by atoms with van der Waals surface area (Å²) in [5, 5.41) is 13.6. The number of likely N-dealkylation sites (tertiary alicyclic amines) is 1. The Kier molecular flexibility index (Phi) is 5.60. The molecule has 1 aliphatic rings. The van der Waals surface area contributed by atoms with Crippen LogP contribution in [-0.4, -0.2) is 43.3 Å². The second kappa shape index (κ2) is 7.89. The van der Waals surface area contributed by atoms with Gasteiger partial charge < -0.3 is 14.6 Å². The van der Waals surface area contributed by atoms with Crippen LogP contribution in [0.5, 0.6) is 11.5 Å². The van der Waals surface area contributed by atoms with Crippen LogP contribution in [0.3, 0.4) is 0 Å². The van der Waals surface area contributed by atoms with Gasteiger partial charge in [-0.3, -0.25) is 9.69 Å². The van der Waals surface area contributed by atoms with Gasteiger partial charge in [0.15, 0.2) is 0 Å². The lowest BCUT2D eigenvalue weighted by atomic mass is 9.92. The third-order valence-electron chi connectivity index (χ3n) is 4.76. The third kappa shape index (κ3) is 3.80. The third-order valence-corrected chi connectivity index (χ3v) is 5.46. The van der Waals surface area contributed by atoms with E-state index in [1.54, 1.807) is 25.6 Å². The monoisotopic (exact) mass is 361 g/mol. The van der Waals surface area contributed by atoms with Crippen molar-refractivity contribution >= 4 is 17.3 Å². The van der Waals surface area contributed by atoms with Crippen LogP contribution in [0.25, 0.3) is 0 Å². The molecule has 3 rings (SSSR count). The van der Waals surface area contributed by atoms with E-state index in [9.17, 15) is 9.90 Å². The van der Waals surface area contributed by atoms with E-state index >= 15 is 0 Å². The molecule has 1 N–H and O–H groups in total. The Bertz CT molecular complexity index is 716. The zero-order chi connectivity index (χ0) is 17.8. The highest BCUT2D eigenvalue weighted by atomic mass is 32.1. The number of hydrogen-bond donors (Lipinski definition) is 1. The molecule has 2 heterocycles. The van der Waals surface area contributed by atoms with Crippen molar-refractivity contribution in [1.82, 2.24) is 4.90 Å². The van der Waals surface area contributed by atoms with Crippen LogP contribution < -0.4 is 9.47 Å². The lowest BCUT2D eigenvalue weighted by molar-refractivity contribution is -0.143. The Morgan fingerprint density at radius 3 is 2.80 bits per heavy atom. The second-order valence-corrected chi connectivity index (χ2v) is 7.02. The fourth-order valence-electron chi connectivity index (χ4n) is 3.51. The molecule has 2 atom stereocenters. The Balaban J connectivity index is 2.03. The fraction of sp³-hybridized carbons (Fsp3) is 0.421. The Hall–Kier alpha value is -2.05. The average molecular weight is 361 g/mol. The Morgan fingerprint density at radius 2 is 2.16 bits per heavy atom. The van der Waals surface area contributed by atoms with Crippen LogP contribution in [-0.2, 0) is 4.79 Å². The van der Waals surface area contributed by atoms with Crippen LogP contribution in [0.2, 0.25) is 0 Å². The zero-order valence-corrected chi connectivity index (χ0v) is 15.3. The first kappa shape index (κ1) is 17.8. The van der Waals surface area contributed by atoms with Gasteiger partial charge in [0.2, 0.25) is 0 Å². The number of aliphatic carboxylic acids is 1. The van der Waals surface area contributed by atoms with Crippen LogP contribution in [0.15, 0.2) is 35.0 Å². The van der Waals surface area contributed by atoms with E-state index in [0.29, 0.717) is 6.54 Å². The van der Waals surface area contributed by atoms with E-state index in [1.165, 1.54) is 0 Å². The number of carbonyl (C=O) groups is 1. The van der Waals surface area contributed by atoms with Crippen LogP contribution in [0.4, 0.5) is 0 Å². The molecule has 1 aliphatic heterocycles. The summed E-state index contributed by atoms with van der Waals surface area (Å²) < 4.78 is 11.0. The summed E-state index contributed by atoms with van der Waals surface area (Å²) in [7, 11) is 3.30. The molecule has 0 bridgehead atoms. The number of nitrogens with zero attached hydrogens (tertiary/aromatic N) is 1. The summed E-state index contributed by atoms with van der Waals surface area (Å²) >= 11 is 1.64. The molecule has 1 fully saturated rings. The topological polar surface area (TPSA) is 59.0 Å². The molecular formula is C19H23NO4S. The number of thiophene rings is 1. The standard InChI is InChI=1S/C19H23NO4S/c1-23-15-5-6-17(24-2)16(10-15)18(14-7-9-25-12-14)20-8-3-4-13(11-20)19(21)22/h5-7,9-10,12-13,18H,3-4,8,11H2,1-2H3,(H,21,22). The van der Waals surface area contributed by atoms with Gasteiger partial charge in [0, 0.05) is 12.1 Å². The van der Waals surface area contributed by atoms with E-state index in [4.69, 9.17) is 9.47 Å². The highest BCUT2D eigenvalue weighted by Gasteiger charge is 2.33. The van der Waals surface area contributed by atoms with Gasteiger partial charge in [-0.15, -0.1) is 0 Å². The average Bonchev–Trinajstić information content (AvgIpc) is 3.16. The molecule has 0 aliphatic carbocycles. The summed E-state index contributed by atoms with van der Waals surface area (Å²) in [4.78, 5) is 13.8. The first-order chi connectivity index (χ1) is 12.1. The van der Waals surface area contributed by atoms with Crippen molar-refractivity contribution in [2.75, 3.05) is 27.3 Å². The molecule has 0 spiro atoms. The van der Waals surface area contributed by atoms with Gasteiger partial charge in [-0.1, -0.05) is 0 Å². The Labute approximate surface area is 151 Å². The molecule has 1 saturated heterocycles. The van der Waals surface area contributed by atoms with Crippen molar-refractivity contribution in [2.45, 2.75) is 18.9 Å². The number of carboxylic acids is 1. The summed E-state index contributed by atoms with van der Waals surface area (Å²) in [6.45, 7) is 1.40. The smallest absolute Gasteiger partial charge is 0.307 e. The molecular weight excluding hydrogens is 338 g/mol. The SMILES string of the molecule is COc1ccc(OC)c(C(c2ccsc2)N2CCCC(C(=O)O)C2)c1. The van der Waals surface area contributed by atoms with Crippen molar-refractivity contribution in [3.05, 3.63) is 46.2 Å². The summed E-state index contributed by atoms with van der Waals surface area (Å²) in [6.07, 6.45) is 1.61.